The lowest BCUT2D eigenvalue weighted by molar-refractivity contribution is -0.123. The zero-order chi connectivity index (χ0) is 31.8. The highest BCUT2D eigenvalue weighted by molar-refractivity contribution is 6.35. The number of pyridine rings is 1. The molecule has 2 amide bonds. The van der Waals surface area contributed by atoms with Crippen LogP contribution in [0.3, 0.4) is 0 Å². The Morgan fingerprint density at radius 2 is 1.91 bits per heavy atom. The van der Waals surface area contributed by atoms with Crippen LogP contribution in [0.4, 0.5) is 4.39 Å². The molecule has 0 saturated heterocycles. The minimum atomic E-state index is -1.63. The molecule has 3 heterocycles. The SMILES string of the molecule is COc1cc(C(=O)NCC(O)(c2cc3c(c(-c4cc(Cl)c(F)c(Cl)c4)n2)OC[C@]3(C)C(N)=O)C2CC2)cc2cn(C3CC3)nc12. The molecule has 234 valence electrons. The van der Waals surface area contributed by atoms with Gasteiger partial charge < -0.3 is 25.6 Å². The summed E-state index contributed by atoms with van der Waals surface area (Å²) in [5, 5.41) is 20.1. The lowest BCUT2D eigenvalue weighted by Crippen LogP contribution is -2.44. The average Bonchev–Trinajstić information content (AvgIpc) is 3.97. The largest absolute Gasteiger partial charge is 0.494 e. The van der Waals surface area contributed by atoms with Crippen molar-refractivity contribution >= 4 is 45.9 Å². The molecule has 2 aromatic heterocycles. The third-order valence-corrected chi connectivity index (χ3v) is 9.63. The first-order chi connectivity index (χ1) is 21.4. The number of nitrogens with two attached hydrogens (primary N) is 1. The van der Waals surface area contributed by atoms with E-state index in [9.17, 15) is 19.1 Å². The maximum atomic E-state index is 14.3. The first kappa shape index (κ1) is 29.8. The van der Waals surface area contributed by atoms with Gasteiger partial charge in [-0.2, -0.15) is 5.10 Å². The van der Waals surface area contributed by atoms with Crippen LogP contribution in [-0.4, -0.2) is 51.9 Å². The number of hydrogen-bond donors (Lipinski definition) is 3. The van der Waals surface area contributed by atoms with Gasteiger partial charge in [0.15, 0.2) is 5.82 Å². The van der Waals surface area contributed by atoms with Gasteiger partial charge >= 0.3 is 0 Å². The molecule has 10 nitrogen and oxygen atoms in total. The van der Waals surface area contributed by atoms with E-state index in [4.69, 9.17) is 43.4 Å². The Hall–Kier alpha value is -3.93. The molecule has 1 aliphatic heterocycles. The number of benzene rings is 2. The van der Waals surface area contributed by atoms with Gasteiger partial charge in [-0.1, -0.05) is 23.2 Å². The Morgan fingerprint density at radius 3 is 2.53 bits per heavy atom. The molecule has 0 bridgehead atoms. The normalized spacial score (nSPS) is 20.4. The van der Waals surface area contributed by atoms with Gasteiger partial charge in [0.1, 0.15) is 40.3 Å². The molecule has 2 aliphatic carbocycles. The maximum Gasteiger partial charge on any atom is 0.251 e. The van der Waals surface area contributed by atoms with E-state index in [0.717, 1.165) is 18.2 Å². The monoisotopic (exact) mass is 653 g/mol. The summed E-state index contributed by atoms with van der Waals surface area (Å²) in [5.41, 5.74) is 5.13. The van der Waals surface area contributed by atoms with E-state index >= 15 is 0 Å². The summed E-state index contributed by atoms with van der Waals surface area (Å²) in [5.74, 6) is -1.33. The standard InChI is InChI=1S/C32H30Cl2FN5O5/c1-31(30(36)42)14-45-28-20(31)11-24(38-27(28)15-8-21(33)25(35)22(34)9-15)32(43,18-3-4-18)13-37-29(41)16-7-17-12-40(19-5-6-19)39-26(17)23(10-16)44-2/h7-12,18-19,43H,3-6,13-14H2,1-2H3,(H2,36,42)(H,37,41)/t31-,32?/m0/s1. The summed E-state index contributed by atoms with van der Waals surface area (Å²) in [7, 11) is 1.53. The molecule has 2 fully saturated rings. The van der Waals surface area contributed by atoms with Crippen LogP contribution in [0.5, 0.6) is 11.5 Å². The second kappa shape index (κ2) is 10.6. The van der Waals surface area contributed by atoms with Crippen molar-refractivity contribution in [3.05, 3.63) is 69.2 Å². The summed E-state index contributed by atoms with van der Waals surface area (Å²) < 4.78 is 27.7. The number of halogens is 3. The second-order valence-corrected chi connectivity index (χ2v) is 13.1. The molecule has 1 unspecified atom stereocenters. The van der Waals surface area contributed by atoms with Gasteiger partial charge in [-0.3, -0.25) is 14.3 Å². The molecule has 2 aromatic carbocycles. The third kappa shape index (κ3) is 4.97. The van der Waals surface area contributed by atoms with Gasteiger partial charge in [-0.05, 0) is 68.9 Å². The van der Waals surface area contributed by atoms with Gasteiger partial charge in [-0.15, -0.1) is 0 Å². The van der Waals surface area contributed by atoms with Crippen molar-refractivity contribution in [1.29, 1.82) is 0 Å². The fourth-order valence-electron chi connectivity index (χ4n) is 5.95. The lowest BCUT2D eigenvalue weighted by Gasteiger charge is -2.30. The summed E-state index contributed by atoms with van der Waals surface area (Å²) in [6.07, 6.45) is 5.42. The number of fused-ring (bicyclic) bond motifs is 2. The highest BCUT2D eigenvalue weighted by Gasteiger charge is 2.50. The Kier molecular flexibility index (Phi) is 6.99. The van der Waals surface area contributed by atoms with E-state index in [1.54, 1.807) is 25.1 Å². The number of nitrogens with one attached hydrogen (secondary N) is 1. The van der Waals surface area contributed by atoms with E-state index in [0.29, 0.717) is 46.8 Å². The van der Waals surface area contributed by atoms with E-state index in [1.807, 2.05) is 10.9 Å². The number of rotatable bonds is 9. The van der Waals surface area contributed by atoms with E-state index in [2.05, 4.69) is 10.4 Å². The Bertz CT molecular complexity index is 1890. The van der Waals surface area contributed by atoms with Crippen molar-refractivity contribution in [3.8, 4) is 22.8 Å². The highest BCUT2D eigenvalue weighted by Crippen LogP contribution is 2.50. The molecule has 45 heavy (non-hydrogen) atoms. The minimum Gasteiger partial charge on any atom is -0.494 e. The quantitative estimate of drug-likeness (QED) is 0.215. The molecule has 2 saturated carbocycles. The van der Waals surface area contributed by atoms with Crippen molar-refractivity contribution in [2.24, 2.45) is 11.7 Å². The minimum absolute atomic E-state index is 0.0569. The number of hydrogen-bond acceptors (Lipinski definition) is 7. The Balaban J connectivity index is 1.27. The Labute approximate surface area is 267 Å². The van der Waals surface area contributed by atoms with Gasteiger partial charge in [-0.25, -0.2) is 9.37 Å². The molecule has 7 rings (SSSR count). The molecular weight excluding hydrogens is 624 g/mol. The summed E-state index contributed by atoms with van der Waals surface area (Å²) in [6.45, 7) is 1.41. The second-order valence-electron chi connectivity index (χ2n) is 12.3. The van der Waals surface area contributed by atoms with E-state index in [1.165, 1.54) is 19.2 Å². The first-order valence-corrected chi connectivity index (χ1v) is 15.4. The van der Waals surface area contributed by atoms with Crippen LogP contribution in [0.25, 0.3) is 22.2 Å². The number of primary amides is 1. The number of amides is 2. The summed E-state index contributed by atoms with van der Waals surface area (Å²) in [6, 6.07) is 8.05. The van der Waals surface area contributed by atoms with Crippen LogP contribution < -0.4 is 20.5 Å². The van der Waals surface area contributed by atoms with E-state index in [-0.39, 0.29) is 46.3 Å². The van der Waals surface area contributed by atoms with Gasteiger partial charge in [0, 0.05) is 28.3 Å². The van der Waals surface area contributed by atoms with E-state index < -0.39 is 28.6 Å². The molecule has 2 atom stereocenters. The van der Waals surface area contributed by atoms with Gasteiger partial charge in [0.05, 0.1) is 35.4 Å². The highest BCUT2D eigenvalue weighted by atomic mass is 35.5. The van der Waals surface area contributed by atoms with Crippen LogP contribution in [0.15, 0.2) is 36.5 Å². The number of aromatic nitrogens is 3. The fraction of sp³-hybridized carbons (Fsp3) is 0.375. The van der Waals surface area contributed by atoms with Crippen LogP contribution in [0.1, 0.15) is 60.3 Å². The third-order valence-electron chi connectivity index (χ3n) is 9.08. The zero-order valence-corrected chi connectivity index (χ0v) is 26.0. The molecular formula is C32H30Cl2FN5O5. The first-order valence-electron chi connectivity index (χ1n) is 14.6. The van der Waals surface area contributed by atoms with Crippen molar-refractivity contribution in [3.63, 3.8) is 0 Å². The van der Waals surface area contributed by atoms with Gasteiger partial charge in [0.2, 0.25) is 5.91 Å². The molecule has 0 spiro atoms. The predicted molar refractivity (Wildman–Crippen MR) is 165 cm³/mol. The topological polar surface area (TPSA) is 142 Å². The summed E-state index contributed by atoms with van der Waals surface area (Å²) in [4.78, 5) is 31.0. The molecule has 13 heteroatoms. The lowest BCUT2D eigenvalue weighted by atomic mass is 9.81. The fourth-order valence-corrected chi connectivity index (χ4v) is 6.44. The van der Waals surface area contributed by atoms with Crippen molar-refractivity contribution in [1.82, 2.24) is 20.1 Å². The van der Waals surface area contributed by atoms with Crippen LogP contribution >= 0.6 is 23.2 Å². The molecule has 3 aliphatic rings. The average molecular weight is 655 g/mol. The number of carbonyl (C=O) groups is 2. The van der Waals surface area contributed by atoms with Crippen LogP contribution in [0.2, 0.25) is 10.0 Å². The van der Waals surface area contributed by atoms with Crippen molar-refractivity contribution in [2.45, 2.75) is 49.7 Å². The molecule has 4 aromatic rings. The Morgan fingerprint density at radius 1 is 1.20 bits per heavy atom. The predicted octanol–water partition coefficient (Wildman–Crippen LogP) is 5.05. The van der Waals surface area contributed by atoms with Crippen LogP contribution in [0, 0.1) is 11.7 Å². The summed E-state index contributed by atoms with van der Waals surface area (Å²) >= 11 is 12.2. The molecule has 0 radical (unpaired) electrons. The van der Waals surface area contributed by atoms with Crippen molar-refractivity contribution < 1.29 is 28.6 Å². The smallest absolute Gasteiger partial charge is 0.251 e. The van der Waals surface area contributed by atoms with Crippen LogP contribution in [-0.2, 0) is 15.8 Å². The number of ether oxygens (including phenoxy) is 2. The number of carbonyl (C=O) groups excluding carboxylic acids is 2. The zero-order valence-electron chi connectivity index (χ0n) is 24.5. The van der Waals surface area contributed by atoms with Gasteiger partial charge in [0.25, 0.3) is 5.91 Å². The maximum absolute atomic E-state index is 14.3. The molecule has 4 N–H and O–H groups in total. The van der Waals surface area contributed by atoms with Crippen molar-refractivity contribution in [2.75, 3.05) is 20.3 Å². The number of nitrogens with zero attached hydrogens (tertiary/aromatic N) is 3. The number of aliphatic hydroxyl groups is 1. The number of methoxy groups -OCH3 is 1.